The highest BCUT2D eigenvalue weighted by Gasteiger charge is 1.97. The standard InChI is InChI=1S/C10H11NO2/c1-8(12)13-7-10-4-2-9(6-11)3-5-10/h2-5,8,12H,7H2,1H3. The number of ether oxygens (including phenoxy) is 1. The number of aliphatic hydroxyl groups is 1. The van der Waals surface area contributed by atoms with Crippen LogP contribution in [0.25, 0.3) is 0 Å². The molecule has 68 valence electrons. The summed E-state index contributed by atoms with van der Waals surface area (Å²) in [7, 11) is 0. The Morgan fingerprint density at radius 2 is 2.08 bits per heavy atom. The van der Waals surface area contributed by atoms with Crippen molar-refractivity contribution >= 4 is 0 Å². The van der Waals surface area contributed by atoms with Crippen LogP contribution in [0, 0.1) is 11.3 Å². The number of rotatable bonds is 3. The van der Waals surface area contributed by atoms with Crippen molar-refractivity contribution in [1.82, 2.24) is 0 Å². The smallest absolute Gasteiger partial charge is 0.152 e. The molecule has 1 aromatic carbocycles. The second-order valence-corrected chi connectivity index (χ2v) is 2.72. The predicted octanol–water partition coefficient (Wildman–Crippen LogP) is 1.41. The van der Waals surface area contributed by atoms with Gasteiger partial charge >= 0.3 is 0 Å². The zero-order valence-electron chi connectivity index (χ0n) is 7.40. The first-order chi connectivity index (χ1) is 6.22. The quantitative estimate of drug-likeness (QED) is 0.710. The molecule has 0 aliphatic heterocycles. The van der Waals surface area contributed by atoms with Gasteiger partial charge in [0.25, 0.3) is 0 Å². The minimum absolute atomic E-state index is 0.364. The van der Waals surface area contributed by atoms with Crippen molar-refractivity contribution in [3.63, 3.8) is 0 Å². The molecule has 0 aromatic heterocycles. The molecular formula is C10H11NO2. The number of nitrogens with zero attached hydrogens (tertiary/aromatic N) is 1. The number of nitriles is 1. The highest BCUT2D eigenvalue weighted by Crippen LogP contribution is 2.05. The van der Waals surface area contributed by atoms with E-state index in [2.05, 4.69) is 0 Å². The Hall–Kier alpha value is -1.37. The lowest BCUT2D eigenvalue weighted by Gasteiger charge is -2.05. The van der Waals surface area contributed by atoms with Crippen molar-refractivity contribution in [3.05, 3.63) is 35.4 Å². The largest absolute Gasteiger partial charge is 0.368 e. The Labute approximate surface area is 77.2 Å². The molecule has 0 saturated carbocycles. The lowest BCUT2D eigenvalue weighted by atomic mass is 10.2. The van der Waals surface area contributed by atoms with Gasteiger partial charge in [0, 0.05) is 0 Å². The molecule has 1 N–H and O–H groups in total. The molecule has 0 aliphatic rings. The molecule has 0 aliphatic carbocycles. The normalized spacial score (nSPS) is 12.1. The number of hydrogen-bond donors (Lipinski definition) is 1. The Kier molecular flexibility index (Phi) is 3.44. The molecule has 3 nitrogen and oxygen atoms in total. The Morgan fingerprint density at radius 1 is 1.46 bits per heavy atom. The van der Waals surface area contributed by atoms with E-state index in [4.69, 9.17) is 15.1 Å². The highest BCUT2D eigenvalue weighted by atomic mass is 16.6. The summed E-state index contributed by atoms with van der Waals surface area (Å²) in [4.78, 5) is 0. The fourth-order valence-electron chi connectivity index (χ4n) is 0.892. The molecule has 13 heavy (non-hydrogen) atoms. The Balaban J connectivity index is 2.55. The summed E-state index contributed by atoms with van der Waals surface area (Å²) in [6.45, 7) is 1.92. The molecule has 1 aromatic rings. The minimum atomic E-state index is -0.754. The first-order valence-electron chi connectivity index (χ1n) is 4.01. The van der Waals surface area contributed by atoms with Gasteiger partial charge < -0.3 is 9.84 Å². The van der Waals surface area contributed by atoms with Crippen LogP contribution in [-0.4, -0.2) is 11.4 Å². The SMILES string of the molecule is CC(O)OCc1ccc(C#N)cc1. The number of aliphatic hydroxyl groups excluding tert-OH is 1. The molecule has 0 amide bonds. The average molecular weight is 177 g/mol. The summed E-state index contributed by atoms with van der Waals surface area (Å²) in [5, 5.41) is 17.4. The maximum absolute atomic E-state index is 8.84. The van der Waals surface area contributed by atoms with Gasteiger partial charge in [0.2, 0.25) is 0 Å². The first-order valence-corrected chi connectivity index (χ1v) is 4.01. The lowest BCUT2D eigenvalue weighted by molar-refractivity contribution is -0.0939. The molecular weight excluding hydrogens is 166 g/mol. The average Bonchev–Trinajstić information content (AvgIpc) is 2.15. The van der Waals surface area contributed by atoms with Crippen molar-refractivity contribution < 1.29 is 9.84 Å². The third kappa shape index (κ3) is 3.24. The summed E-state index contributed by atoms with van der Waals surface area (Å²) in [6, 6.07) is 9.09. The van der Waals surface area contributed by atoms with Crippen LogP contribution in [0.15, 0.2) is 24.3 Å². The van der Waals surface area contributed by atoms with E-state index in [9.17, 15) is 0 Å². The van der Waals surface area contributed by atoms with Gasteiger partial charge in [0.15, 0.2) is 6.29 Å². The molecule has 0 heterocycles. The second kappa shape index (κ2) is 4.61. The molecule has 0 spiro atoms. The zero-order chi connectivity index (χ0) is 9.68. The van der Waals surface area contributed by atoms with Crippen molar-refractivity contribution in [2.24, 2.45) is 0 Å². The van der Waals surface area contributed by atoms with E-state index >= 15 is 0 Å². The summed E-state index contributed by atoms with van der Waals surface area (Å²) >= 11 is 0. The maximum Gasteiger partial charge on any atom is 0.152 e. The van der Waals surface area contributed by atoms with Crippen LogP contribution >= 0.6 is 0 Å². The van der Waals surface area contributed by atoms with Gasteiger partial charge in [-0.1, -0.05) is 12.1 Å². The van der Waals surface area contributed by atoms with Crippen molar-refractivity contribution in [2.75, 3.05) is 0 Å². The van der Waals surface area contributed by atoms with Gasteiger partial charge in [-0.15, -0.1) is 0 Å². The lowest BCUT2D eigenvalue weighted by Crippen LogP contribution is -2.05. The fourth-order valence-corrected chi connectivity index (χ4v) is 0.892. The summed E-state index contributed by atoms with van der Waals surface area (Å²) in [5.41, 5.74) is 1.57. The van der Waals surface area contributed by atoms with E-state index in [1.807, 2.05) is 6.07 Å². The van der Waals surface area contributed by atoms with Gasteiger partial charge in [-0.2, -0.15) is 5.26 Å². The van der Waals surface area contributed by atoms with Gasteiger partial charge in [0.1, 0.15) is 0 Å². The summed E-state index contributed by atoms with van der Waals surface area (Å²) in [5.74, 6) is 0. The van der Waals surface area contributed by atoms with Crippen LogP contribution in [0.4, 0.5) is 0 Å². The molecule has 1 rings (SSSR count). The molecule has 0 fully saturated rings. The maximum atomic E-state index is 8.84. The van der Waals surface area contributed by atoms with Crippen LogP contribution in [-0.2, 0) is 11.3 Å². The van der Waals surface area contributed by atoms with Gasteiger partial charge in [-0.25, -0.2) is 0 Å². The molecule has 0 bridgehead atoms. The van der Waals surface area contributed by atoms with Gasteiger partial charge in [-0.3, -0.25) is 0 Å². The minimum Gasteiger partial charge on any atom is -0.368 e. The van der Waals surface area contributed by atoms with E-state index in [0.29, 0.717) is 12.2 Å². The van der Waals surface area contributed by atoms with Crippen LogP contribution in [0.2, 0.25) is 0 Å². The molecule has 0 radical (unpaired) electrons. The van der Waals surface area contributed by atoms with E-state index in [1.165, 1.54) is 0 Å². The van der Waals surface area contributed by atoms with Crippen LogP contribution in [0.1, 0.15) is 18.1 Å². The molecule has 1 atom stereocenters. The monoisotopic (exact) mass is 177 g/mol. The second-order valence-electron chi connectivity index (χ2n) is 2.72. The van der Waals surface area contributed by atoms with E-state index in [1.54, 1.807) is 31.2 Å². The third-order valence-corrected chi connectivity index (χ3v) is 1.57. The Bertz CT molecular complexity index is 298. The molecule has 3 heteroatoms. The fraction of sp³-hybridized carbons (Fsp3) is 0.300. The Morgan fingerprint density at radius 3 is 2.54 bits per heavy atom. The van der Waals surface area contributed by atoms with Crippen LogP contribution < -0.4 is 0 Å². The van der Waals surface area contributed by atoms with Gasteiger partial charge in [-0.05, 0) is 24.6 Å². The van der Waals surface area contributed by atoms with E-state index in [-0.39, 0.29) is 0 Å². The highest BCUT2D eigenvalue weighted by molar-refractivity contribution is 5.31. The topological polar surface area (TPSA) is 53.2 Å². The summed E-state index contributed by atoms with van der Waals surface area (Å²) in [6.07, 6.45) is -0.754. The van der Waals surface area contributed by atoms with E-state index < -0.39 is 6.29 Å². The third-order valence-electron chi connectivity index (χ3n) is 1.57. The van der Waals surface area contributed by atoms with Crippen LogP contribution in [0.3, 0.4) is 0 Å². The number of hydrogen-bond acceptors (Lipinski definition) is 3. The van der Waals surface area contributed by atoms with Gasteiger partial charge in [0.05, 0.1) is 18.2 Å². The number of benzene rings is 1. The van der Waals surface area contributed by atoms with Crippen molar-refractivity contribution in [1.29, 1.82) is 5.26 Å². The molecule has 1 unspecified atom stereocenters. The van der Waals surface area contributed by atoms with Crippen LogP contribution in [0.5, 0.6) is 0 Å². The van der Waals surface area contributed by atoms with E-state index in [0.717, 1.165) is 5.56 Å². The first kappa shape index (κ1) is 9.72. The van der Waals surface area contributed by atoms with Crippen molar-refractivity contribution in [3.8, 4) is 6.07 Å². The molecule has 0 saturated heterocycles. The predicted molar refractivity (Wildman–Crippen MR) is 47.6 cm³/mol. The zero-order valence-corrected chi connectivity index (χ0v) is 7.40. The van der Waals surface area contributed by atoms with Crippen molar-refractivity contribution in [2.45, 2.75) is 19.8 Å². The summed E-state index contributed by atoms with van der Waals surface area (Å²) < 4.78 is 4.97.